The van der Waals surface area contributed by atoms with Crippen LogP contribution in [0.1, 0.15) is 16.8 Å². The van der Waals surface area contributed by atoms with Crippen LogP contribution in [-0.2, 0) is 0 Å². The van der Waals surface area contributed by atoms with Crippen molar-refractivity contribution in [2.24, 2.45) is 5.73 Å². The Bertz CT molecular complexity index is 596. The van der Waals surface area contributed by atoms with Crippen LogP contribution in [0.25, 0.3) is 0 Å². The van der Waals surface area contributed by atoms with Crippen molar-refractivity contribution in [3.63, 3.8) is 0 Å². The second-order valence-electron chi connectivity index (χ2n) is 5.35. The molecule has 0 aromatic heterocycles. The summed E-state index contributed by atoms with van der Waals surface area (Å²) >= 11 is 6.15. The lowest BCUT2D eigenvalue weighted by Crippen LogP contribution is -2.32. The van der Waals surface area contributed by atoms with Gasteiger partial charge in [-0.2, -0.15) is 0 Å². The van der Waals surface area contributed by atoms with Crippen LogP contribution in [0.2, 0.25) is 5.02 Å². The first-order valence-electron chi connectivity index (χ1n) is 6.96. The number of urea groups is 1. The molecule has 120 valence electrons. The normalized spacial score (nSPS) is 20.8. The molecule has 6 nitrogen and oxygen atoms in total. The Balaban J connectivity index is 0.00000176. The average molecular weight is 345 g/mol. The number of carbonyl (C=O) groups is 2. The number of benzene rings is 1. The van der Waals surface area contributed by atoms with Crippen molar-refractivity contribution in [2.45, 2.75) is 12.5 Å². The summed E-state index contributed by atoms with van der Waals surface area (Å²) in [6, 6.07) is 4.96. The standard InChI is InChI=1S/C14H17ClN4O2.ClH/c15-12-2-1-10(19-6-4-17-14(19)21)7-11(12)13(20)18-5-3-9(16)8-18;/h1-2,7,9H,3-6,8,16H2,(H,17,21);1H/t9-;/m1./s1. The Morgan fingerprint density at radius 3 is 2.73 bits per heavy atom. The number of amides is 3. The molecule has 2 aliphatic rings. The van der Waals surface area contributed by atoms with Gasteiger partial charge in [-0.15, -0.1) is 12.4 Å². The SMILES string of the molecule is Cl.N[C@@H]1CCN(C(=O)c2cc(N3CCNC3=O)ccc2Cl)C1. The van der Waals surface area contributed by atoms with Gasteiger partial charge in [0.25, 0.3) is 5.91 Å². The molecule has 8 heteroatoms. The van der Waals surface area contributed by atoms with Gasteiger partial charge in [0.15, 0.2) is 0 Å². The van der Waals surface area contributed by atoms with E-state index in [-0.39, 0.29) is 30.4 Å². The number of halogens is 2. The molecule has 3 rings (SSSR count). The number of nitrogens with one attached hydrogen (secondary N) is 1. The molecule has 0 unspecified atom stereocenters. The number of carbonyl (C=O) groups excluding carboxylic acids is 2. The summed E-state index contributed by atoms with van der Waals surface area (Å²) in [5.41, 5.74) is 6.94. The Morgan fingerprint density at radius 1 is 1.36 bits per heavy atom. The van der Waals surface area contributed by atoms with Crippen molar-refractivity contribution < 1.29 is 9.59 Å². The van der Waals surface area contributed by atoms with Gasteiger partial charge >= 0.3 is 6.03 Å². The lowest BCUT2D eigenvalue weighted by atomic mass is 10.1. The Kier molecular flexibility index (Phi) is 5.16. The monoisotopic (exact) mass is 344 g/mol. The van der Waals surface area contributed by atoms with Gasteiger partial charge in [0.2, 0.25) is 0 Å². The summed E-state index contributed by atoms with van der Waals surface area (Å²) in [5.74, 6) is -0.130. The van der Waals surface area contributed by atoms with Crippen LogP contribution in [0.3, 0.4) is 0 Å². The number of rotatable bonds is 2. The minimum atomic E-state index is -0.154. The van der Waals surface area contributed by atoms with E-state index in [1.54, 1.807) is 28.0 Å². The molecule has 2 saturated heterocycles. The molecule has 0 spiro atoms. The van der Waals surface area contributed by atoms with E-state index in [9.17, 15) is 9.59 Å². The lowest BCUT2D eigenvalue weighted by Gasteiger charge is -2.19. The molecule has 2 heterocycles. The molecule has 0 saturated carbocycles. The van der Waals surface area contributed by atoms with Gasteiger partial charge in [0, 0.05) is 37.9 Å². The molecule has 0 radical (unpaired) electrons. The highest BCUT2D eigenvalue weighted by Gasteiger charge is 2.27. The van der Waals surface area contributed by atoms with E-state index in [1.165, 1.54) is 0 Å². The number of anilines is 1. The topological polar surface area (TPSA) is 78.7 Å². The first kappa shape index (κ1) is 16.9. The highest BCUT2D eigenvalue weighted by atomic mass is 35.5. The van der Waals surface area contributed by atoms with Crippen LogP contribution in [0, 0.1) is 0 Å². The second kappa shape index (κ2) is 6.73. The Labute approximate surface area is 140 Å². The maximum atomic E-state index is 12.5. The number of nitrogens with zero attached hydrogens (tertiary/aromatic N) is 2. The maximum absolute atomic E-state index is 12.5. The summed E-state index contributed by atoms with van der Waals surface area (Å²) in [6.45, 7) is 2.38. The fourth-order valence-electron chi connectivity index (χ4n) is 2.71. The van der Waals surface area contributed by atoms with Gasteiger partial charge in [-0.25, -0.2) is 4.79 Å². The van der Waals surface area contributed by atoms with Crippen molar-refractivity contribution in [1.29, 1.82) is 0 Å². The highest BCUT2D eigenvalue weighted by Crippen LogP contribution is 2.26. The molecule has 3 amide bonds. The lowest BCUT2D eigenvalue weighted by molar-refractivity contribution is 0.0791. The van der Waals surface area contributed by atoms with E-state index in [0.29, 0.717) is 42.5 Å². The molecule has 0 bridgehead atoms. The van der Waals surface area contributed by atoms with E-state index in [4.69, 9.17) is 17.3 Å². The zero-order valence-electron chi connectivity index (χ0n) is 11.9. The third kappa shape index (κ3) is 3.14. The summed E-state index contributed by atoms with van der Waals surface area (Å²) in [6.07, 6.45) is 0.803. The summed E-state index contributed by atoms with van der Waals surface area (Å²) in [4.78, 5) is 27.5. The summed E-state index contributed by atoms with van der Waals surface area (Å²) < 4.78 is 0. The minimum absolute atomic E-state index is 0. The summed E-state index contributed by atoms with van der Waals surface area (Å²) in [7, 11) is 0. The smallest absolute Gasteiger partial charge is 0.321 e. The Morgan fingerprint density at radius 2 is 2.14 bits per heavy atom. The van der Waals surface area contributed by atoms with Crippen molar-refractivity contribution >= 4 is 41.6 Å². The number of hydrogen-bond donors (Lipinski definition) is 2. The van der Waals surface area contributed by atoms with Crippen molar-refractivity contribution in [1.82, 2.24) is 10.2 Å². The zero-order valence-corrected chi connectivity index (χ0v) is 13.5. The van der Waals surface area contributed by atoms with Crippen molar-refractivity contribution in [2.75, 3.05) is 31.1 Å². The van der Waals surface area contributed by atoms with E-state index < -0.39 is 0 Å². The fourth-order valence-corrected chi connectivity index (χ4v) is 2.90. The van der Waals surface area contributed by atoms with Crippen LogP contribution in [0.4, 0.5) is 10.5 Å². The highest BCUT2D eigenvalue weighted by molar-refractivity contribution is 6.34. The van der Waals surface area contributed by atoms with E-state index in [2.05, 4.69) is 5.32 Å². The first-order chi connectivity index (χ1) is 10.1. The Hall–Kier alpha value is -1.50. The fraction of sp³-hybridized carbons (Fsp3) is 0.429. The van der Waals surface area contributed by atoms with Gasteiger partial charge in [0.1, 0.15) is 0 Å². The number of likely N-dealkylation sites (tertiary alicyclic amines) is 1. The van der Waals surface area contributed by atoms with E-state index in [1.807, 2.05) is 0 Å². The average Bonchev–Trinajstić information content (AvgIpc) is 3.07. The van der Waals surface area contributed by atoms with Crippen LogP contribution in [-0.4, -0.2) is 49.1 Å². The molecule has 2 fully saturated rings. The first-order valence-corrected chi connectivity index (χ1v) is 7.34. The molecule has 1 aromatic rings. The molecule has 0 aliphatic carbocycles. The van der Waals surface area contributed by atoms with Gasteiger partial charge in [-0.05, 0) is 24.6 Å². The van der Waals surface area contributed by atoms with Gasteiger partial charge < -0.3 is 16.0 Å². The number of nitrogens with two attached hydrogens (primary N) is 1. The molecule has 2 aliphatic heterocycles. The van der Waals surface area contributed by atoms with Crippen LogP contribution < -0.4 is 16.0 Å². The molecule has 1 atom stereocenters. The predicted molar refractivity (Wildman–Crippen MR) is 87.9 cm³/mol. The van der Waals surface area contributed by atoms with Gasteiger partial charge in [0.05, 0.1) is 10.6 Å². The zero-order chi connectivity index (χ0) is 15.0. The largest absolute Gasteiger partial charge is 0.337 e. The molecular weight excluding hydrogens is 327 g/mol. The van der Waals surface area contributed by atoms with Gasteiger partial charge in [-0.3, -0.25) is 9.69 Å². The van der Waals surface area contributed by atoms with Crippen molar-refractivity contribution in [3.8, 4) is 0 Å². The van der Waals surface area contributed by atoms with Crippen LogP contribution >= 0.6 is 24.0 Å². The number of hydrogen-bond acceptors (Lipinski definition) is 3. The molecule has 3 N–H and O–H groups in total. The third-order valence-corrected chi connectivity index (χ3v) is 4.19. The van der Waals surface area contributed by atoms with Crippen LogP contribution in [0.5, 0.6) is 0 Å². The second-order valence-corrected chi connectivity index (χ2v) is 5.75. The third-order valence-electron chi connectivity index (χ3n) is 3.86. The van der Waals surface area contributed by atoms with E-state index >= 15 is 0 Å². The van der Waals surface area contributed by atoms with Crippen molar-refractivity contribution in [3.05, 3.63) is 28.8 Å². The minimum Gasteiger partial charge on any atom is -0.337 e. The van der Waals surface area contributed by atoms with Crippen LogP contribution in [0.15, 0.2) is 18.2 Å². The maximum Gasteiger partial charge on any atom is 0.321 e. The molecule has 22 heavy (non-hydrogen) atoms. The molecular formula is C14H18Cl2N4O2. The predicted octanol–water partition coefficient (Wildman–Crippen LogP) is 1.46. The quantitative estimate of drug-likeness (QED) is 0.852. The van der Waals surface area contributed by atoms with Gasteiger partial charge in [-0.1, -0.05) is 11.6 Å². The van der Waals surface area contributed by atoms with E-state index in [0.717, 1.165) is 6.42 Å². The summed E-state index contributed by atoms with van der Waals surface area (Å²) in [5, 5.41) is 3.13. The molecule has 1 aromatic carbocycles.